The minimum absolute atomic E-state index is 0.00526. The smallest absolute Gasteiger partial charge is 0.429 e. The fourth-order valence-electron chi connectivity index (χ4n) is 1.43. The standard InChI is InChI=1S/C15H22O4/c1-11(2)14(18-12(3)4)19-15(16)17-10-13-8-6-5-7-9-13/h5-9,11-12,14H,10H2,1-4H3. The van der Waals surface area contributed by atoms with Gasteiger partial charge in [0.25, 0.3) is 0 Å². The molecule has 4 nitrogen and oxygen atoms in total. The predicted molar refractivity (Wildman–Crippen MR) is 72.6 cm³/mol. The van der Waals surface area contributed by atoms with E-state index in [1.165, 1.54) is 0 Å². The van der Waals surface area contributed by atoms with E-state index in [0.717, 1.165) is 5.56 Å². The lowest BCUT2D eigenvalue weighted by molar-refractivity contribution is -0.164. The predicted octanol–water partition coefficient (Wildman–Crippen LogP) is 3.75. The second kappa shape index (κ2) is 7.79. The quantitative estimate of drug-likeness (QED) is 0.581. The number of rotatable bonds is 6. The number of benzene rings is 1. The maximum absolute atomic E-state index is 11.6. The third-order valence-electron chi connectivity index (χ3n) is 2.36. The van der Waals surface area contributed by atoms with E-state index >= 15 is 0 Å². The Hall–Kier alpha value is -1.55. The van der Waals surface area contributed by atoms with Gasteiger partial charge in [-0.2, -0.15) is 0 Å². The highest BCUT2D eigenvalue weighted by Gasteiger charge is 2.21. The molecule has 0 saturated heterocycles. The summed E-state index contributed by atoms with van der Waals surface area (Å²) in [5.74, 6) is 0.0756. The summed E-state index contributed by atoms with van der Waals surface area (Å²) in [6.07, 6.45) is -1.29. The van der Waals surface area contributed by atoms with Crippen LogP contribution in [0, 0.1) is 5.92 Å². The molecule has 0 aliphatic carbocycles. The minimum Gasteiger partial charge on any atom is -0.429 e. The molecule has 0 bridgehead atoms. The van der Waals surface area contributed by atoms with Crippen molar-refractivity contribution >= 4 is 6.16 Å². The van der Waals surface area contributed by atoms with Crippen molar-refractivity contribution < 1.29 is 19.0 Å². The number of ether oxygens (including phenoxy) is 3. The van der Waals surface area contributed by atoms with Gasteiger partial charge in [0.05, 0.1) is 6.10 Å². The summed E-state index contributed by atoms with van der Waals surface area (Å²) in [4.78, 5) is 11.6. The maximum atomic E-state index is 11.6. The topological polar surface area (TPSA) is 44.8 Å². The van der Waals surface area contributed by atoms with Crippen LogP contribution in [0.4, 0.5) is 4.79 Å². The van der Waals surface area contributed by atoms with Crippen molar-refractivity contribution in [2.75, 3.05) is 0 Å². The summed E-state index contributed by atoms with van der Waals surface area (Å²) in [6, 6.07) is 9.47. The van der Waals surface area contributed by atoms with Crippen molar-refractivity contribution in [3.63, 3.8) is 0 Å². The fraction of sp³-hybridized carbons (Fsp3) is 0.533. The Bertz CT molecular complexity index is 373. The van der Waals surface area contributed by atoms with Crippen molar-refractivity contribution in [2.24, 2.45) is 5.92 Å². The van der Waals surface area contributed by atoms with Crippen LogP contribution in [-0.2, 0) is 20.8 Å². The Labute approximate surface area is 114 Å². The van der Waals surface area contributed by atoms with E-state index in [1.807, 2.05) is 58.0 Å². The Morgan fingerprint density at radius 2 is 1.74 bits per heavy atom. The summed E-state index contributed by atoms with van der Waals surface area (Å²) < 4.78 is 15.7. The van der Waals surface area contributed by atoms with Crippen molar-refractivity contribution in [1.82, 2.24) is 0 Å². The van der Waals surface area contributed by atoms with Gasteiger partial charge in [0.1, 0.15) is 6.61 Å². The molecule has 0 heterocycles. The van der Waals surface area contributed by atoms with Crippen LogP contribution in [0.25, 0.3) is 0 Å². The lowest BCUT2D eigenvalue weighted by atomic mass is 10.2. The zero-order chi connectivity index (χ0) is 14.3. The summed E-state index contributed by atoms with van der Waals surface area (Å²) in [6.45, 7) is 7.85. The van der Waals surface area contributed by atoms with E-state index < -0.39 is 12.4 Å². The lowest BCUT2D eigenvalue weighted by Gasteiger charge is -2.23. The zero-order valence-corrected chi connectivity index (χ0v) is 12.0. The van der Waals surface area contributed by atoms with Crippen molar-refractivity contribution in [1.29, 1.82) is 0 Å². The van der Waals surface area contributed by atoms with E-state index in [9.17, 15) is 4.79 Å². The molecule has 106 valence electrons. The molecule has 0 aliphatic heterocycles. The van der Waals surface area contributed by atoms with Gasteiger partial charge in [-0.25, -0.2) is 4.79 Å². The molecule has 0 amide bonds. The van der Waals surface area contributed by atoms with Crippen LogP contribution in [0.2, 0.25) is 0 Å². The van der Waals surface area contributed by atoms with Gasteiger partial charge in [0, 0.05) is 5.92 Å². The van der Waals surface area contributed by atoms with Crippen molar-refractivity contribution in [2.45, 2.75) is 46.7 Å². The molecular formula is C15H22O4. The number of hydrogen-bond acceptors (Lipinski definition) is 4. The highest BCUT2D eigenvalue weighted by Crippen LogP contribution is 2.12. The van der Waals surface area contributed by atoms with E-state index in [2.05, 4.69) is 0 Å². The molecule has 19 heavy (non-hydrogen) atoms. The first kappa shape index (κ1) is 15.5. The van der Waals surface area contributed by atoms with Gasteiger partial charge in [0.15, 0.2) is 0 Å². The molecule has 0 N–H and O–H groups in total. The molecule has 1 aromatic rings. The molecule has 0 aromatic heterocycles. The third kappa shape index (κ3) is 6.25. The van der Waals surface area contributed by atoms with Crippen LogP contribution < -0.4 is 0 Å². The monoisotopic (exact) mass is 266 g/mol. The van der Waals surface area contributed by atoms with Gasteiger partial charge in [-0.05, 0) is 19.4 Å². The SMILES string of the molecule is CC(C)OC(OC(=O)OCc1ccccc1)C(C)C. The average Bonchev–Trinajstić information content (AvgIpc) is 2.36. The highest BCUT2D eigenvalue weighted by atomic mass is 16.8. The Kier molecular flexibility index (Phi) is 6.36. The molecular weight excluding hydrogens is 244 g/mol. The van der Waals surface area contributed by atoms with Crippen LogP contribution in [0.5, 0.6) is 0 Å². The van der Waals surface area contributed by atoms with Crippen LogP contribution in [0.1, 0.15) is 33.3 Å². The molecule has 0 spiro atoms. The van der Waals surface area contributed by atoms with Crippen LogP contribution in [0.15, 0.2) is 30.3 Å². The summed E-state index contributed by atoms with van der Waals surface area (Å²) in [5.41, 5.74) is 0.922. The van der Waals surface area contributed by atoms with Gasteiger partial charge in [0.2, 0.25) is 6.29 Å². The van der Waals surface area contributed by atoms with E-state index in [0.29, 0.717) is 0 Å². The first-order chi connectivity index (χ1) is 8.99. The van der Waals surface area contributed by atoms with Gasteiger partial charge < -0.3 is 14.2 Å². The summed E-state index contributed by atoms with van der Waals surface area (Å²) in [5, 5.41) is 0. The molecule has 0 radical (unpaired) electrons. The second-order valence-electron chi connectivity index (χ2n) is 4.94. The minimum atomic E-state index is -0.705. The average molecular weight is 266 g/mol. The first-order valence-electron chi connectivity index (χ1n) is 6.52. The third-order valence-corrected chi connectivity index (χ3v) is 2.36. The number of carbonyl (C=O) groups is 1. The largest absolute Gasteiger partial charge is 0.510 e. The van der Waals surface area contributed by atoms with E-state index in [1.54, 1.807) is 0 Å². The van der Waals surface area contributed by atoms with Gasteiger partial charge >= 0.3 is 6.16 Å². The maximum Gasteiger partial charge on any atom is 0.510 e. The Morgan fingerprint density at radius 3 is 2.26 bits per heavy atom. The molecule has 0 fully saturated rings. The number of hydrogen-bond donors (Lipinski definition) is 0. The number of carbonyl (C=O) groups excluding carboxylic acids is 1. The van der Waals surface area contributed by atoms with Crippen LogP contribution >= 0.6 is 0 Å². The highest BCUT2D eigenvalue weighted by molar-refractivity contribution is 5.60. The Balaban J connectivity index is 2.40. The fourth-order valence-corrected chi connectivity index (χ4v) is 1.43. The zero-order valence-electron chi connectivity index (χ0n) is 12.0. The lowest BCUT2D eigenvalue weighted by Crippen LogP contribution is -2.29. The molecule has 0 aliphatic rings. The van der Waals surface area contributed by atoms with Gasteiger partial charge in [-0.3, -0.25) is 0 Å². The molecule has 0 saturated carbocycles. The van der Waals surface area contributed by atoms with Crippen LogP contribution in [-0.4, -0.2) is 18.5 Å². The first-order valence-corrected chi connectivity index (χ1v) is 6.52. The van der Waals surface area contributed by atoms with Gasteiger partial charge in [-0.1, -0.05) is 44.2 Å². The van der Waals surface area contributed by atoms with Crippen LogP contribution in [0.3, 0.4) is 0 Å². The van der Waals surface area contributed by atoms with E-state index in [-0.39, 0.29) is 18.6 Å². The molecule has 4 heteroatoms. The van der Waals surface area contributed by atoms with Gasteiger partial charge in [-0.15, -0.1) is 0 Å². The van der Waals surface area contributed by atoms with E-state index in [4.69, 9.17) is 14.2 Å². The Morgan fingerprint density at radius 1 is 1.11 bits per heavy atom. The molecule has 1 unspecified atom stereocenters. The van der Waals surface area contributed by atoms with Crippen molar-refractivity contribution in [3.05, 3.63) is 35.9 Å². The summed E-state index contributed by atoms with van der Waals surface area (Å²) in [7, 11) is 0. The normalized spacial score (nSPS) is 12.5. The molecule has 1 aromatic carbocycles. The van der Waals surface area contributed by atoms with Crippen molar-refractivity contribution in [3.8, 4) is 0 Å². The molecule has 1 rings (SSSR count). The molecule has 1 atom stereocenters. The second-order valence-corrected chi connectivity index (χ2v) is 4.94. The summed E-state index contributed by atoms with van der Waals surface area (Å²) >= 11 is 0.